The molecule has 6 aromatic carbocycles. The van der Waals surface area contributed by atoms with Crippen LogP contribution in [0.1, 0.15) is 92.3 Å². The van der Waals surface area contributed by atoms with Crippen LogP contribution in [-0.2, 0) is 16.6 Å². The van der Waals surface area contributed by atoms with E-state index in [0.29, 0.717) is 5.56 Å². The Morgan fingerprint density at radius 2 is 0.841 bits per heavy atom. The van der Waals surface area contributed by atoms with E-state index in [1.165, 1.54) is 60.7 Å². The predicted molar refractivity (Wildman–Crippen MR) is 272 cm³/mol. The van der Waals surface area contributed by atoms with Crippen LogP contribution in [0.3, 0.4) is 0 Å². The van der Waals surface area contributed by atoms with Crippen molar-refractivity contribution in [3.63, 3.8) is 0 Å². The average Bonchev–Trinajstić information content (AvgIpc) is 3.97. The number of aromatic nitrogens is 4. The number of para-hydroxylation sites is 4. The zero-order chi connectivity index (χ0) is 44.3. The molecule has 5 heteroatoms. The molecule has 10 aromatic rings. The van der Waals surface area contributed by atoms with E-state index in [0.717, 1.165) is 27.4 Å². The summed E-state index contributed by atoms with van der Waals surface area (Å²) in [7, 11) is 0. The van der Waals surface area contributed by atoms with Gasteiger partial charge in [-0.3, -0.25) is 0 Å². The molecule has 4 heterocycles. The molecule has 4 aromatic heterocycles. The Bertz CT molecular complexity index is 3250. The first-order valence-electron chi connectivity index (χ1n) is 21.6. The van der Waals surface area contributed by atoms with E-state index in [4.69, 9.17) is 11.7 Å². The molecule has 0 unspecified atom stereocenters. The summed E-state index contributed by atoms with van der Waals surface area (Å²) in [5, 5.41) is 16.5. The number of fused-ring (bicyclic) bond motifs is 9. The molecule has 63 heavy (non-hydrogen) atoms. The van der Waals surface area contributed by atoms with Crippen molar-refractivity contribution in [1.29, 1.82) is 5.26 Å². The first-order chi connectivity index (χ1) is 29.4. The van der Waals surface area contributed by atoms with E-state index in [1.54, 1.807) is 0 Å². The first-order valence-corrected chi connectivity index (χ1v) is 21.6. The van der Waals surface area contributed by atoms with Crippen LogP contribution in [0.2, 0.25) is 0 Å². The van der Waals surface area contributed by atoms with Gasteiger partial charge < -0.3 is 18.3 Å². The summed E-state index contributed by atoms with van der Waals surface area (Å²) in [4.78, 5) is 0. The molecule has 0 amide bonds. The Morgan fingerprint density at radius 3 is 1.30 bits per heavy atom. The van der Waals surface area contributed by atoms with Crippen LogP contribution in [0, 0.1) is 37.5 Å². The van der Waals surface area contributed by atoms with Crippen molar-refractivity contribution in [2.75, 3.05) is 0 Å². The molecule has 0 spiro atoms. The van der Waals surface area contributed by atoms with E-state index in [2.05, 4.69) is 216 Å². The van der Waals surface area contributed by atoms with Crippen LogP contribution in [0.25, 0.3) is 71.1 Å². The fraction of sp³-hybridized carbons (Fsp3) is 0.259. The molecule has 0 fully saturated rings. The number of aryl methyl sites for hydroxylation is 2. The molecule has 0 atom stereocenters. The third kappa shape index (κ3) is 7.79. The maximum Gasteiger partial charge on any atom is 0.0991 e. The monoisotopic (exact) mass is 827 g/mol. The van der Waals surface area contributed by atoms with E-state index < -0.39 is 0 Å². The highest BCUT2D eigenvalue weighted by Crippen LogP contribution is 2.40. The van der Waals surface area contributed by atoms with Gasteiger partial charge in [-0.1, -0.05) is 80.1 Å². The molecule has 0 aliphatic rings. The highest BCUT2D eigenvalue weighted by atomic mass is 15.1. The summed E-state index contributed by atoms with van der Waals surface area (Å²) in [6, 6.07) is 51.4. The van der Waals surface area contributed by atoms with Gasteiger partial charge in [0.05, 0.1) is 33.9 Å². The van der Waals surface area contributed by atoms with Crippen LogP contribution in [0.15, 0.2) is 140 Å². The summed E-state index contributed by atoms with van der Waals surface area (Å²) in [5.74, 6) is 2.69. The van der Waals surface area contributed by atoms with Crippen LogP contribution in [0.4, 0.5) is 0 Å². The van der Waals surface area contributed by atoms with Crippen molar-refractivity contribution in [2.45, 2.75) is 100 Å². The Morgan fingerprint density at radius 1 is 0.429 bits per heavy atom. The van der Waals surface area contributed by atoms with Gasteiger partial charge in [0.1, 0.15) is 0 Å². The lowest BCUT2D eigenvalue weighted by Crippen LogP contribution is -2.23. The predicted octanol–water partition coefficient (Wildman–Crippen LogP) is 15.5. The molecule has 0 saturated heterocycles. The number of rotatable bonds is 1. The Kier molecular flexibility index (Phi) is 11.5. The second-order valence-corrected chi connectivity index (χ2v) is 19.4. The van der Waals surface area contributed by atoms with Gasteiger partial charge in [-0.05, 0) is 149 Å². The van der Waals surface area contributed by atoms with Crippen molar-refractivity contribution in [3.05, 3.63) is 162 Å². The van der Waals surface area contributed by atoms with Crippen LogP contribution < -0.4 is 0 Å². The number of benzene rings is 6. The maximum atomic E-state index is 9.15. The van der Waals surface area contributed by atoms with Gasteiger partial charge in [-0.15, -0.1) is 6.42 Å². The summed E-state index contributed by atoms with van der Waals surface area (Å²) >= 11 is 0. The molecular formula is C58H61N5. The molecule has 0 aliphatic carbocycles. The second-order valence-electron chi connectivity index (χ2n) is 19.4. The smallest absolute Gasteiger partial charge is 0.0991 e. The Hall–Kier alpha value is -6.95. The number of terminal acetylenes is 1. The summed E-state index contributed by atoms with van der Waals surface area (Å²) in [6.07, 6.45) is 5.52. The summed E-state index contributed by atoms with van der Waals surface area (Å²) in [6.45, 7) is 24.4. The van der Waals surface area contributed by atoms with E-state index >= 15 is 0 Å². The maximum absolute atomic E-state index is 9.15. The highest BCUT2D eigenvalue weighted by Gasteiger charge is 2.25. The minimum atomic E-state index is -0.0498. The summed E-state index contributed by atoms with van der Waals surface area (Å²) in [5.41, 5.74) is 12.9. The first kappa shape index (κ1) is 44.1. The third-order valence-corrected chi connectivity index (χ3v) is 11.8. The van der Waals surface area contributed by atoms with Gasteiger partial charge in [0.2, 0.25) is 0 Å². The van der Waals surface area contributed by atoms with Crippen molar-refractivity contribution in [3.8, 4) is 24.1 Å². The quantitative estimate of drug-likeness (QED) is 0.152. The van der Waals surface area contributed by atoms with Crippen molar-refractivity contribution in [2.24, 2.45) is 0 Å². The molecule has 0 bridgehead atoms. The number of nitrogens with zero attached hydrogens (tertiary/aromatic N) is 5. The number of nitriles is 1. The molecule has 10 rings (SSSR count). The van der Waals surface area contributed by atoms with Gasteiger partial charge in [0.15, 0.2) is 0 Å². The fourth-order valence-electron chi connectivity index (χ4n) is 9.69. The lowest BCUT2D eigenvalue weighted by atomic mass is 10.1. The SMILES string of the molecule is C.C#Cc1ccc2c(c1)c1cc(C#N)ccc1n2C(C)(C)C.CC(C)(C)n1c2ccccc2c2cccc(-n3c4ccccc4c4ccccc43)c21.Cc1ccc(C)n1C(C)(C)C. The van der Waals surface area contributed by atoms with Crippen molar-refractivity contribution >= 4 is 65.4 Å². The minimum absolute atomic E-state index is 0. The van der Waals surface area contributed by atoms with Gasteiger partial charge >= 0.3 is 0 Å². The summed E-state index contributed by atoms with van der Waals surface area (Å²) < 4.78 is 9.61. The highest BCUT2D eigenvalue weighted by molar-refractivity contribution is 6.14. The zero-order valence-electron chi connectivity index (χ0n) is 38.1. The Balaban J connectivity index is 0.000000157. The molecule has 318 valence electrons. The zero-order valence-corrected chi connectivity index (χ0v) is 38.1. The molecule has 0 aliphatic heterocycles. The van der Waals surface area contributed by atoms with E-state index in [1.807, 2.05) is 30.3 Å². The normalized spacial score (nSPS) is 11.9. The minimum Gasteiger partial charge on any atom is -0.344 e. The van der Waals surface area contributed by atoms with Gasteiger partial charge in [0, 0.05) is 82.4 Å². The fourth-order valence-corrected chi connectivity index (χ4v) is 9.69. The molecule has 0 N–H and O–H groups in total. The topological polar surface area (TPSA) is 43.5 Å². The molecular weight excluding hydrogens is 767 g/mol. The van der Waals surface area contributed by atoms with E-state index in [-0.39, 0.29) is 24.0 Å². The number of hydrogen-bond acceptors (Lipinski definition) is 1. The van der Waals surface area contributed by atoms with Crippen LogP contribution in [0.5, 0.6) is 0 Å². The van der Waals surface area contributed by atoms with Gasteiger partial charge in [-0.2, -0.15) is 5.26 Å². The molecule has 5 nitrogen and oxygen atoms in total. The van der Waals surface area contributed by atoms with Crippen LogP contribution in [-0.4, -0.2) is 18.3 Å². The standard InChI is InChI=1S/C28H24N2.C19H16N2.C10H17N.CH4/c1-28(2,3)30-25-17-9-6-13-21(25)22-14-10-18-26(27(22)30)29-23-15-7-4-11-19(23)20-12-5-8-16-24(20)29;1-5-13-6-8-17-15(10-13)16-11-14(12-20)7-9-18(16)21(17)19(2,3)4;1-8-6-7-9(2)11(8)10(3,4)5;/h4-18H,1-3H3;1,6-11H,2-4H3;6-7H,1-5H3;1H4. The van der Waals surface area contributed by atoms with Gasteiger partial charge in [0.25, 0.3) is 0 Å². The van der Waals surface area contributed by atoms with Crippen LogP contribution >= 0.6 is 0 Å². The second kappa shape index (κ2) is 16.4. The Labute approximate surface area is 373 Å². The lowest BCUT2D eigenvalue weighted by Gasteiger charge is -2.25. The largest absolute Gasteiger partial charge is 0.344 e. The molecule has 0 saturated carbocycles. The average molecular weight is 828 g/mol. The third-order valence-electron chi connectivity index (χ3n) is 11.8. The van der Waals surface area contributed by atoms with Crippen molar-refractivity contribution in [1.82, 2.24) is 18.3 Å². The van der Waals surface area contributed by atoms with Crippen molar-refractivity contribution < 1.29 is 0 Å². The lowest BCUT2D eigenvalue weighted by molar-refractivity contribution is 0.383. The van der Waals surface area contributed by atoms with Gasteiger partial charge in [-0.25, -0.2) is 0 Å². The van der Waals surface area contributed by atoms with E-state index in [9.17, 15) is 0 Å². The molecule has 0 radical (unpaired) electrons. The number of hydrogen-bond donors (Lipinski definition) is 0.